The van der Waals surface area contributed by atoms with Gasteiger partial charge in [-0.2, -0.15) is 0 Å². The molecule has 1 aromatic rings. The topological polar surface area (TPSA) is 91.8 Å². The second kappa shape index (κ2) is 8.73. The smallest absolute Gasteiger partial charge is 0.211 e. The van der Waals surface area contributed by atoms with E-state index in [9.17, 15) is 8.42 Å². The highest BCUT2D eigenvalue weighted by Crippen LogP contribution is 2.39. The molecule has 1 aliphatic rings. The molecule has 3 N–H and O–H groups in total. The summed E-state index contributed by atoms with van der Waals surface area (Å²) in [5.74, 6) is 1.62. The number of aliphatic imine (C=N–C) groups is 1. The van der Waals surface area contributed by atoms with Crippen molar-refractivity contribution in [1.29, 1.82) is 0 Å². The summed E-state index contributed by atoms with van der Waals surface area (Å²) in [5.41, 5.74) is 0.823. The molecule has 1 atom stereocenters. The van der Waals surface area contributed by atoms with Gasteiger partial charge in [0.15, 0.2) is 5.96 Å². The molecule has 1 unspecified atom stereocenters. The number of hydrogen-bond acceptors (Lipinski definition) is 4. The van der Waals surface area contributed by atoms with Crippen LogP contribution < -0.4 is 20.1 Å². The lowest BCUT2D eigenvalue weighted by Crippen LogP contribution is -2.45. The van der Waals surface area contributed by atoms with Crippen molar-refractivity contribution >= 4 is 16.0 Å². The fraction of sp³-hybridized carbons (Fsp3) is 0.611. The fourth-order valence-corrected chi connectivity index (χ4v) is 3.49. The zero-order chi connectivity index (χ0) is 19.2. The van der Waals surface area contributed by atoms with Crippen LogP contribution in [0.1, 0.15) is 45.7 Å². The fourth-order valence-electron chi connectivity index (χ4n) is 2.89. The van der Waals surface area contributed by atoms with E-state index in [1.54, 1.807) is 6.92 Å². The van der Waals surface area contributed by atoms with Crippen molar-refractivity contribution in [2.24, 2.45) is 4.99 Å². The number of rotatable bonds is 7. The molecule has 0 radical (unpaired) electrons. The summed E-state index contributed by atoms with van der Waals surface area (Å²) in [5, 5.41) is 6.68. The first-order chi connectivity index (χ1) is 12.3. The highest BCUT2D eigenvalue weighted by Gasteiger charge is 2.33. The number of nitrogens with zero attached hydrogens (tertiary/aromatic N) is 1. The second-order valence-corrected chi connectivity index (χ2v) is 8.95. The van der Waals surface area contributed by atoms with E-state index >= 15 is 0 Å². The minimum Gasteiger partial charge on any atom is -0.487 e. The number of para-hydroxylation sites is 1. The minimum absolute atomic E-state index is 0.0695. The summed E-state index contributed by atoms with van der Waals surface area (Å²) in [6.45, 7) is 9.12. The molecule has 0 fully saturated rings. The molecule has 0 aliphatic carbocycles. The zero-order valence-corrected chi connectivity index (χ0v) is 16.8. The van der Waals surface area contributed by atoms with Crippen molar-refractivity contribution in [2.75, 3.05) is 25.4 Å². The van der Waals surface area contributed by atoms with Gasteiger partial charge in [-0.3, -0.25) is 4.99 Å². The summed E-state index contributed by atoms with van der Waals surface area (Å²) in [6, 6.07) is 8.07. The Labute approximate surface area is 156 Å². The first-order valence-electron chi connectivity index (χ1n) is 9.06. The van der Waals surface area contributed by atoms with E-state index in [0.717, 1.165) is 24.3 Å². The molecular formula is C18H30N4O3S. The van der Waals surface area contributed by atoms with Crippen LogP contribution in [0.2, 0.25) is 0 Å². The van der Waals surface area contributed by atoms with Gasteiger partial charge in [0.2, 0.25) is 10.0 Å². The van der Waals surface area contributed by atoms with Crippen LogP contribution in [0.15, 0.2) is 29.3 Å². The Morgan fingerprint density at radius 1 is 1.31 bits per heavy atom. The Hall–Kier alpha value is -1.80. The Morgan fingerprint density at radius 2 is 2.04 bits per heavy atom. The van der Waals surface area contributed by atoms with Gasteiger partial charge in [0.1, 0.15) is 11.4 Å². The Morgan fingerprint density at radius 3 is 2.73 bits per heavy atom. The van der Waals surface area contributed by atoms with Gasteiger partial charge in [0.05, 0.1) is 18.3 Å². The predicted molar refractivity (Wildman–Crippen MR) is 105 cm³/mol. The van der Waals surface area contributed by atoms with Crippen molar-refractivity contribution in [3.05, 3.63) is 29.8 Å². The molecule has 1 aromatic carbocycles. The number of nitrogens with one attached hydrogen (secondary N) is 3. The van der Waals surface area contributed by atoms with Crippen LogP contribution in [0.5, 0.6) is 5.75 Å². The van der Waals surface area contributed by atoms with E-state index in [1.165, 1.54) is 0 Å². The Kier molecular flexibility index (Phi) is 6.88. The van der Waals surface area contributed by atoms with Gasteiger partial charge in [-0.15, -0.1) is 0 Å². The highest BCUT2D eigenvalue weighted by molar-refractivity contribution is 7.89. The predicted octanol–water partition coefficient (Wildman–Crippen LogP) is 1.78. The van der Waals surface area contributed by atoms with Gasteiger partial charge < -0.3 is 15.4 Å². The first kappa shape index (κ1) is 20.5. The van der Waals surface area contributed by atoms with Crippen molar-refractivity contribution in [3.8, 4) is 5.75 Å². The number of sulfonamides is 1. The van der Waals surface area contributed by atoms with Crippen molar-refractivity contribution in [3.63, 3.8) is 0 Å². The highest BCUT2D eigenvalue weighted by atomic mass is 32.2. The van der Waals surface area contributed by atoms with Crippen LogP contribution in [-0.4, -0.2) is 45.4 Å². The van der Waals surface area contributed by atoms with Crippen molar-refractivity contribution in [2.45, 2.75) is 45.8 Å². The molecule has 0 bridgehead atoms. The van der Waals surface area contributed by atoms with Gasteiger partial charge in [-0.1, -0.05) is 18.2 Å². The maximum Gasteiger partial charge on any atom is 0.211 e. The summed E-state index contributed by atoms with van der Waals surface area (Å²) in [4.78, 5) is 4.49. The standard InChI is InChI=1S/C18H30N4O3S/c1-5-19-17(20-11-12-21-26(23,24)6-2)22-15-13-18(3,4)25-16-10-8-7-9-14(15)16/h7-10,15,21H,5-6,11-13H2,1-4H3,(H2,19,20,22). The molecule has 0 aromatic heterocycles. The van der Waals surface area contributed by atoms with Crippen LogP contribution in [0.25, 0.3) is 0 Å². The molecule has 1 aliphatic heterocycles. The maximum atomic E-state index is 11.5. The van der Waals surface area contributed by atoms with Gasteiger partial charge in [-0.25, -0.2) is 13.1 Å². The van der Waals surface area contributed by atoms with Gasteiger partial charge >= 0.3 is 0 Å². The Bertz CT molecular complexity index is 732. The third kappa shape index (κ3) is 5.88. The lowest BCUT2D eigenvalue weighted by molar-refractivity contribution is 0.0694. The number of benzene rings is 1. The number of ether oxygens (including phenoxy) is 1. The van der Waals surface area contributed by atoms with Crippen LogP contribution >= 0.6 is 0 Å². The van der Waals surface area contributed by atoms with Crippen molar-refractivity contribution < 1.29 is 13.2 Å². The van der Waals surface area contributed by atoms with Crippen LogP contribution in [0.4, 0.5) is 0 Å². The SMILES string of the molecule is CCNC(=NCCNS(=O)(=O)CC)NC1CC(C)(C)Oc2ccccc21. The van der Waals surface area contributed by atoms with E-state index in [0.29, 0.717) is 12.5 Å². The third-order valence-electron chi connectivity index (χ3n) is 4.12. The third-order valence-corrected chi connectivity index (χ3v) is 5.52. The summed E-state index contributed by atoms with van der Waals surface area (Å²) in [6.07, 6.45) is 0.802. The lowest BCUT2D eigenvalue weighted by atomic mass is 9.90. The molecule has 0 spiro atoms. The average Bonchev–Trinajstić information content (AvgIpc) is 2.58. The summed E-state index contributed by atoms with van der Waals surface area (Å²) in [7, 11) is -3.19. The van der Waals surface area contributed by atoms with Crippen molar-refractivity contribution in [1.82, 2.24) is 15.4 Å². The number of guanidine groups is 1. The van der Waals surface area contributed by atoms with E-state index < -0.39 is 10.0 Å². The molecule has 2 rings (SSSR count). The monoisotopic (exact) mass is 382 g/mol. The summed E-state index contributed by atoms with van der Waals surface area (Å²) >= 11 is 0. The molecule has 0 saturated heterocycles. The number of fused-ring (bicyclic) bond motifs is 1. The van der Waals surface area contributed by atoms with E-state index in [1.807, 2.05) is 25.1 Å². The second-order valence-electron chi connectivity index (χ2n) is 6.86. The molecule has 0 amide bonds. The van der Waals surface area contributed by atoms with Crippen LogP contribution in [0, 0.1) is 0 Å². The van der Waals surface area contributed by atoms with Gasteiger partial charge in [0, 0.05) is 25.1 Å². The van der Waals surface area contributed by atoms with Gasteiger partial charge in [-0.05, 0) is 33.8 Å². The van der Waals surface area contributed by atoms with E-state index in [4.69, 9.17) is 4.74 Å². The minimum atomic E-state index is -3.19. The molecule has 26 heavy (non-hydrogen) atoms. The van der Waals surface area contributed by atoms with E-state index in [-0.39, 0.29) is 23.9 Å². The van der Waals surface area contributed by atoms with E-state index in [2.05, 4.69) is 40.3 Å². The molecule has 0 saturated carbocycles. The zero-order valence-electron chi connectivity index (χ0n) is 16.0. The lowest BCUT2D eigenvalue weighted by Gasteiger charge is -2.38. The molecule has 146 valence electrons. The normalized spacial score (nSPS) is 19.4. The molecule has 7 nitrogen and oxygen atoms in total. The van der Waals surface area contributed by atoms with Gasteiger partial charge in [0.25, 0.3) is 0 Å². The average molecular weight is 383 g/mol. The van der Waals surface area contributed by atoms with Crippen LogP contribution in [0.3, 0.4) is 0 Å². The maximum absolute atomic E-state index is 11.5. The number of hydrogen-bond donors (Lipinski definition) is 3. The largest absolute Gasteiger partial charge is 0.487 e. The molecule has 8 heteroatoms. The summed E-state index contributed by atoms with van der Waals surface area (Å²) < 4.78 is 31.6. The first-order valence-corrected chi connectivity index (χ1v) is 10.7. The van der Waals surface area contributed by atoms with Crippen LogP contribution in [-0.2, 0) is 10.0 Å². The molecule has 1 heterocycles. The Balaban J connectivity index is 2.08. The molecular weight excluding hydrogens is 352 g/mol. The quantitative estimate of drug-likeness (QED) is 0.380.